The van der Waals surface area contributed by atoms with Crippen molar-refractivity contribution in [1.29, 1.82) is 0 Å². The number of benzene rings is 1. The molecule has 0 spiro atoms. The topological polar surface area (TPSA) is 63.4 Å². The Balaban J connectivity index is 1.38. The predicted octanol–water partition coefficient (Wildman–Crippen LogP) is 2.84. The van der Waals surface area contributed by atoms with Crippen LogP contribution in [0.15, 0.2) is 35.5 Å². The first-order chi connectivity index (χ1) is 13.4. The number of rotatable bonds is 6. The van der Waals surface area contributed by atoms with E-state index in [1.807, 2.05) is 23.1 Å². The molecule has 0 amide bonds. The molecule has 0 unspecified atom stereocenters. The second-order valence-corrected chi connectivity index (χ2v) is 10.2. The Labute approximate surface area is 171 Å². The first-order valence-corrected chi connectivity index (χ1v) is 11.7. The van der Waals surface area contributed by atoms with E-state index in [1.165, 1.54) is 12.8 Å². The first kappa shape index (κ1) is 19.8. The van der Waals surface area contributed by atoms with Crippen LogP contribution in [-0.2, 0) is 16.7 Å². The zero-order valence-corrected chi connectivity index (χ0v) is 18.0. The number of aromatic nitrogens is 3. The highest BCUT2D eigenvalue weighted by Crippen LogP contribution is 2.34. The summed E-state index contributed by atoms with van der Waals surface area (Å²) < 4.78 is 32.1. The van der Waals surface area contributed by atoms with E-state index >= 15 is 0 Å². The molecule has 4 rings (SSSR count). The van der Waals surface area contributed by atoms with Gasteiger partial charge < -0.3 is 4.57 Å². The third-order valence-electron chi connectivity index (χ3n) is 5.55. The summed E-state index contributed by atoms with van der Waals surface area (Å²) in [4.78, 5) is 2.57. The molecule has 7 nitrogen and oxygen atoms in total. The normalized spacial score (nSPS) is 19.4. The molecule has 152 valence electrons. The third kappa shape index (κ3) is 3.94. The maximum Gasteiger partial charge on any atom is 0.243 e. The fourth-order valence-electron chi connectivity index (χ4n) is 3.52. The maximum atomic E-state index is 12.9. The molecule has 2 heterocycles. The van der Waals surface area contributed by atoms with E-state index < -0.39 is 10.0 Å². The van der Waals surface area contributed by atoms with Crippen LogP contribution in [0.3, 0.4) is 0 Å². The van der Waals surface area contributed by atoms with Crippen LogP contribution in [0.25, 0.3) is 0 Å². The van der Waals surface area contributed by atoms with Gasteiger partial charge in [-0.25, -0.2) is 13.1 Å². The molecule has 28 heavy (non-hydrogen) atoms. The molecular weight excluding hydrogens is 394 g/mol. The summed E-state index contributed by atoms with van der Waals surface area (Å²) in [5.41, 5.74) is 1.14. The Morgan fingerprint density at radius 3 is 2.32 bits per heavy atom. The van der Waals surface area contributed by atoms with E-state index in [2.05, 4.69) is 28.4 Å². The molecule has 1 aromatic heterocycles. The average Bonchev–Trinajstić information content (AvgIpc) is 3.47. The van der Waals surface area contributed by atoms with Gasteiger partial charge in [-0.2, -0.15) is 9.40 Å². The van der Waals surface area contributed by atoms with E-state index in [4.69, 9.17) is 12.2 Å². The Morgan fingerprint density at radius 2 is 1.75 bits per heavy atom. The quantitative estimate of drug-likeness (QED) is 0.671. The molecule has 2 aromatic rings. The van der Waals surface area contributed by atoms with Crippen LogP contribution in [0.5, 0.6) is 0 Å². The number of sulfonamides is 1. The van der Waals surface area contributed by atoms with Crippen molar-refractivity contribution in [3.05, 3.63) is 40.9 Å². The number of hydrogen-bond donors (Lipinski definition) is 0. The van der Waals surface area contributed by atoms with E-state index in [9.17, 15) is 8.42 Å². The van der Waals surface area contributed by atoms with Gasteiger partial charge in [0.15, 0.2) is 4.77 Å². The molecule has 0 atom stereocenters. The molecule has 2 aliphatic rings. The minimum Gasteiger partial charge on any atom is -0.303 e. The van der Waals surface area contributed by atoms with Crippen LogP contribution in [0.4, 0.5) is 0 Å². The average molecular weight is 422 g/mol. The Morgan fingerprint density at radius 1 is 1.11 bits per heavy atom. The molecule has 1 aliphatic heterocycles. The highest BCUT2D eigenvalue weighted by atomic mass is 32.2. The van der Waals surface area contributed by atoms with Gasteiger partial charge in [-0.1, -0.05) is 26.0 Å². The Hall–Kier alpha value is -1.55. The van der Waals surface area contributed by atoms with Crippen LogP contribution in [0.2, 0.25) is 0 Å². The van der Waals surface area contributed by atoms with Gasteiger partial charge in [0.1, 0.15) is 6.33 Å². The van der Waals surface area contributed by atoms with E-state index in [0.717, 1.165) is 10.3 Å². The second-order valence-electron chi connectivity index (χ2n) is 7.94. The maximum absolute atomic E-state index is 12.9. The lowest BCUT2D eigenvalue weighted by Crippen LogP contribution is -2.48. The van der Waals surface area contributed by atoms with Gasteiger partial charge in [0, 0.05) is 32.2 Å². The van der Waals surface area contributed by atoms with Crippen LogP contribution >= 0.6 is 12.2 Å². The monoisotopic (exact) mass is 421 g/mol. The smallest absolute Gasteiger partial charge is 0.243 e. The van der Waals surface area contributed by atoms with Crippen LogP contribution in [-0.4, -0.2) is 58.1 Å². The molecule has 0 radical (unpaired) electrons. The van der Waals surface area contributed by atoms with E-state index in [1.54, 1.807) is 16.4 Å². The molecule has 2 fully saturated rings. The van der Waals surface area contributed by atoms with Gasteiger partial charge in [-0.05, 0) is 48.7 Å². The van der Waals surface area contributed by atoms with Gasteiger partial charge >= 0.3 is 0 Å². The lowest BCUT2D eigenvalue weighted by molar-refractivity contribution is 0.144. The van der Waals surface area contributed by atoms with Crippen molar-refractivity contribution >= 4 is 22.2 Å². The first-order valence-electron chi connectivity index (χ1n) is 9.82. The Bertz CT molecular complexity index is 982. The second kappa shape index (κ2) is 7.70. The molecule has 1 aromatic carbocycles. The highest BCUT2D eigenvalue weighted by molar-refractivity contribution is 7.89. The fourth-order valence-corrected chi connectivity index (χ4v) is 5.25. The lowest BCUT2D eigenvalue weighted by atomic mass is 10.0. The highest BCUT2D eigenvalue weighted by Gasteiger charge is 2.29. The zero-order chi connectivity index (χ0) is 19.9. The van der Waals surface area contributed by atoms with Crippen LogP contribution < -0.4 is 0 Å². The van der Waals surface area contributed by atoms with Gasteiger partial charge in [0.25, 0.3) is 0 Å². The third-order valence-corrected chi connectivity index (χ3v) is 7.88. The molecule has 1 aliphatic carbocycles. The largest absolute Gasteiger partial charge is 0.303 e. The summed E-state index contributed by atoms with van der Waals surface area (Å²) >= 11 is 5.52. The van der Waals surface area contributed by atoms with Crippen molar-refractivity contribution < 1.29 is 8.42 Å². The zero-order valence-electron chi connectivity index (χ0n) is 16.4. The molecule has 0 N–H and O–H groups in total. The fraction of sp³-hybridized carbons (Fsp3) is 0.579. The van der Waals surface area contributed by atoms with Crippen molar-refractivity contribution in [2.24, 2.45) is 0 Å². The van der Waals surface area contributed by atoms with Crippen molar-refractivity contribution in [1.82, 2.24) is 23.6 Å². The molecular formula is C19H27N5O2S2. The number of hydrogen-bond acceptors (Lipinski definition) is 5. The minimum atomic E-state index is -3.45. The van der Waals surface area contributed by atoms with Gasteiger partial charge in [0.05, 0.1) is 11.6 Å². The number of piperazine rings is 1. The van der Waals surface area contributed by atoms with Crippen molar-refractivity contribution in [3.63, 3.8) is 0 Å². The SMILES string of the molecule is CC(C)c1ccc(S(=O)(=O)N2CCN(Cn3ncn(C4CC4)c3=S)CC2)cc1. The lowest BCUT2D eigenvalue weighted by Gasteiger charge is -2.33. The minimum absolute atomic E-state index is 0.371. The van der Waals surface area contributed by atoms with E-state index in [0.29, 0.717) is 49.7 Å². The summed E-state index contributed by atoms with van der Waals surface area (Å²) in [6.07, 6.45) is 4.17. The summed E-state index contributed by atoms with van der Waals surface area (Å²) in [6, 6.07) is 7.78. The molecule has 9 heteroatoms. The van der Waals surface area contributed by atoms with Crippen molar-refractivity contribution in [3.8, 4) is 0 Å². The molecule has 1 saturated carbocycles. The standard InChI is InChI=1S/C19H27N5O2S2/c1-15(2)16-3-7-18(8-4-16)28(25,26)22-11-9-21(10-12-22)14-24-19(27)23(13-20-24)17-5-6-17/h3-4,7-8,13,15,17H,5-6,9-12,14H2,1-2H3. The summed E-state index contributed by atoms with van der Waals surface area (Å²) in [5, 5.41) is 4.41. The van der Waals surface area contributed by atoms with Crippen LogP contribution in [0.1, 0.15) is 44.2 Å². The molecule has 0 bridgehead atoms. The van der Waals surface area contributed by atoms with Gasteiger partial charge in [0.2, 0.25) is 10.0 Å². The predicted molar refractivity (Wildman–Crippen MR) is 110 cm³/mol. The van der Waals surface area contributed by atoms with Gasteiger partial charge in [-0.3, -0.25) is 4.90 Å². The van der Waals surface area contributed by atoms with Crippen molar-refractivity contribution in [2.45, 2.75) is 50.2 Å². The summed E-state index contributed by atoms with van der Waals surface area (Å²) in [5.74, 6) is 0.385. The summed E-state index contributed by atoms with van der Waals surface area (Å²) in [6.45, 7) is 7.10. The van der Waals surface area contributed by atoms with E-state index in [-0.39, 0.29) is 0 Å². The summed E-state index contributed by atoms with van der Waals surface area (Å²) in [7, 11) is -3.45. The van der Waals surface area contributed by atoms with Crippen molar-refractivity contribution in [2.75, 3.05) is 26.2 Å². The Kier molecular flexibility index (Phi) is 5.43. The number of nitrogens with zero attached hydrogens (tertiary/aromatic N) is 5. The van der Waals surface area contributed by atoms with Crippen LogP contribution in [0, 0.1) is 4.77 Å². The molecule has 1 saturated heterocycles. The van der Waals surface area contributed by atoms with Gasteiger partial charge in [-0.15, -0.1) is 0 Å².